The molecule has 0 saturated carbocycles. The molecule has 1 aromatic heterocycles. The van der Waals surface area contributed by atoms with Crippen LogP contribution in [0.5, 0.6) is 0 Å². The molecule has 0 saturated heterocycles. The average molecular weight is 311 g/mol. The Kier molecular flexibility index (Phi) is 4.07. The molecule has 0 atom stereocenters. The number of alkyl halides is 3. The molecule has 7 heteroatoms. The average Bonchev–Trinajstić information content (AvgIpc) is 2.84. The molecule has 0 spiro atoms. The number of halogens is 3. The lowest BCUT2D eigenvalue weighted by Crippen LogP contribution is -2.18. The molecule has 116 valence electrons. The van der Waals surface area contributed by atoms with E-state index >= 15 is 0 Å². The van der Waals surface area contributed by atoms with Crippen molar-refractivity contribution in [3.05, 3.63) is 58.9 Å². The molecular formula is C15H12F3NO3. The Balaban J connectivity index is 2.62. The number of carbonyl (C=O) groups excluding carboxylic acids is 2. The van der Waals surface area contributed by atoms with Gasteiger partial charge in [0.1, 0.15) is 5.69 Å². The van der Waals surface area contributed by atoms with Crippen molar-refractivity contribution in [3.63, 3.8) is 0 Å². The van der Waals surface area contributed by atoms with Gasteiger partial charge in [-0.2, -0.15) is 13.2 Å². The highest BCUT2D eigenvalue weighted by molar-refractivity contribution is 6.09. The van der Waals surface area contributed by atoms with Crippen LogP contribution in [-0.4, -0.2) is 23.4 Å². The van der Waals surface area contributed by atoms with Gasteiger partial charge in [0.05, 0.1) is 18.4 Å². The molecule has 0 aliphatic heterocycles. The first kappa shape index (κ1) is 15.8. The van der Waals surface area contributed by atoms with E-state index in [1.807, 2.05) is 0 Å². The van der Waals surface area contributed by atoms with E-state index in [1.54, 1.807) is 18.2 Å². The zero-order chi connectivity index (χ0) is 16.5. The van der Waals surface area contributed by atoms with Crippen molar-refractivity contribution < 1.29 is 27.5 Å². The summed E-state index contributed by atoms with van der Waals surface area (Å²) >= 11 is 0. The van der Waals surface area contributed by atoms with E-state index in [2.05, 4.69) is 4.74 Å². The van der Waals surface area contributed by atoms with Crippen LogP contribution in [0.25, 0.3) is 0 Å². The number of rotatable bonds is 3. The number of carbonyl (C=O) groups is 2. The van der Waals surface area contributed by atoms with Crippen LogP contribution in [0.3, 0.4) is 0 Å². The smallest absolute Gasteiger partial charge is 0.432 e. The number of ether oxygens (including phenoxy) is 1. The first-order chi connectivity index (χ1) is 10.3. The molecule has 0 radical (unpaired) electrons. The molecule has 0 amide bonds. The molecule has 0 aliphatic carbocycles. The van der Waals surface area contributed by atoms with Gasteiger partial charge in [-0.3, -0.25) is 4.79 Å². The molecule has 4 nitrogen and oxygen atoms in total. The van der Waals surface area contributed by atoms with Crippen LogP contribution < -0.4 is 0 Å². The van der Waals surface area contributed by atoms with E-state index in [0.717, 1.165) is 20.2 Å². The molecule has 0 unspecified atom stereocenters. The minimum absolute atomic E-state index is 0.230. The summed E-state index contributed by atoms with van der Waals surface area (Å²) in [4.78, 5) is 23.9. The number of nitrogens with zero attached hydrogens (tertiary/aromatic N) is 1. The van der Waals surface area contributed by atoms with Gasteiger partial charge in [-0.1, -0.05) is 30.3 Å². The molecule has 0 aliphatic rings. The van der Waals surface area contributed by atoms with E-state index in [-0.39, 0.29) is 11.3 Å². The second-order valence-corrected chi connectivity index (χ2v) is 4.54. The zero-order valence-corrected chi connectivity index (χ0v) is 11.8. The molecule has 1 aromatic carbocycles. The highest BCUT2D eigenvalue weighted by Gasteiger charge is 2.40. The maximum Gasteiger partial charge on any atom is 0.432 e. The Labute approximate surface area is 124 Å². The van der Waals surface area contributed by atoms with E-state index in [0.29, 0.717) is 4.57 Å². The SMILES string of the molecule is COC(=O)c1cc(C(=O)c2ccccc2)n(C)c1C(F)(F)F. The van der Waals surface area contributed by atoms with Crippen LogP contribution in [-0.2, 0) is 18.0 Å². The zero-order valence-electron chi connectivity index (χ0n) is 11.8. The van der Waals surface area contributed by atoms with Crippen molar-refractivity contribution in [2.45, 2.75) is 6.18 Å². The van der Waals surface area contributed by atoms with Crippen molar-refractivity contribution in [3.8, 4) is 0 Å². The van der Waals surface area contributed by atoms with Gasteiger partial charge in [-0.15, -0.1) is 0 Å². The summed E-state index contributed by atoms with van der Waals surface area (Å²) in [5.74, 6) is -1.75. The maximum absolute atomic E-state index is 13.1. The Morgan fingerprint density at radius 2 is 1.73 bits per heavy atom. The fourth-order valence-electron chi connectivity index (χ4n) is 2.17. The molecule has 0 bridgehead atoms. The Morgan fingerprint density at radius 3 is 2.23 bits per heavy atom. The maximum atomic E-state index is 13.1. The minimum Gasteiger partial charge on any atom is -0.465 e. The van der Waals surface area contributed by atoms with Gasteiger partial charge in [0, 0.05) is 12.6 Å². The van der Waals surface area contributed by atoms with Crippen molar-refractivity contribution in [2.75, 3.05) is 7.11 Å². The number of esters is 1. The number of hydrogen-bond acceptors (Lipinski definition) is 3. The Morgan fingerprint density at radius 1 is 1.14 bits per heavy atom. The quantitative estimate of drug-likeness (QED) is 0.646. The number of methoxy groups -OCH3 is 1. The Bertz CT molecular complexity index is 718. The lowest BCUT2D eigenvalue weighted by molar-refractivity contribution is -0.143. The summed E-state index contributed by atoms with van der Waals surface area (Å²) in [6.07, 6.45) is -4.78. The normalized spacial score (nSPS) is 11.3. The van der Waals surface area contributed by atoms with Gasteiger partial charge in [0.25, 0.3) is 0 Å². The third-order valence-electron chi connectivity index (χ3n) is 3.18. The first-order valence-electron chi connectivity index (χ1n) is 6.22. The third-order valence-corrected chi connectivity index (χ3v) is 3.18. The molecular weight excluding hydrogens is 299 g/mol. The number of ketones is 1. The van der Waals surface area contributed by atoms with E-state index in [1.165, 1.54) is 12.1 Å². The van der Waals surface area contributed by atoms with Crippen molar-refractivity contribution >= 4 is 11.8 Å². The molecule has 1 heterocycles. The summed E-state index contributed by atoms with van der Waals surface area (Å²) in [6.45, 7) is 0. The van der Waals surface area contributed by atoms with Crippen LogP contribution in [0.2, 0.25) is 0 Å². The van der Waals surface area contributed by atoms with E-state index in [9.17, 15) is 22.8 Å². The second kappa shape index (κ2) is 5.67. The second-order valence-electron chi connectivity index (χ2n) is 4.54. The summed E-state index contributed by atoms with van der Waals surface area (Å²) in [5.41, 5.74) is -1.90. The summed E-state index contributed by atoms with van der Waals surface area (Å²) in [5, 5.41) is 0. The molecule has 2 aromatic rings. The lowest BCUT2D eigenvalue weighted by Gasteiger charge is -2.11. The Hall–Kier alpha value is -2.57. The van der Waals surface area contributed by atoms with Gasteiger partial charge < -0.3 is 9.30 Å². The predicted octanol–water partition coefficient (Wildman–Crippen LogP) is 3.06. The lowest BCUT2D eigenvalue weighted by atomic mass is 10.1. The largest absolute Gasteiger partial charge is 0.465 e. The fraction of sp³-hybridized carbons (Fsp3) is 0.200. The summed E-state index contributed by atoms with van der Waals surface area (Å²) < 4.78 is 44.5. The van der Waals surface area contributed by atoms with Crippen LogP contribution >= 0.6 is 0 Å². The monoisotopic (exact) mass is 311 g/mol. The van der Waals surface area contributed by atoms with Crippen molar-refractivity contribution in [1.82, 2.24) is 4.57 Å². The van der Waals surface area contributed by atoms with Crippen molar-refractivity contribution in [2.24, 2.45) is 7.05 Å². The number of hydrogen-bond donors (Lipinski definition) is 0. The predicted molar refractivity (Wildman–Crippen MR) is 71.6 cm³/mol. The van der Waals surface area contributed by atoms with Gasteiger partial charge in [0.2, 0.25) is 5.78 Å². The number of aromatic nitrogens is 1. The highest BCUT2D eigenvalue weighted by atomic mass is 19.4. The molecule has 0 N–H and O–H groups in total. The van der Waals surface area contributed by atoms with Crippen LogP contribution in [0.4, 0.5) is 13.2 Å². The van der Waals surface area contributed by atoms with Gasteiger partial charge >= 0.3 is 12.1 Å². The minimum atomic E-state index is -4.78. The van der Waals surface area contributed by atoms with Crippen molar-refractivity contribution in [1.29, 1.82) is 0 Å². The summed E-state index contributed by atoms with van der Waals surface area (Å²) in [7, 11) is 2.07. The van der Waals surface area contributed by atoms with Crippen LogP contribution in [0.1, 0.15) is 32.1 Å². The highest BCUT2D eigenvalue weighted by Crippen LogP contribution is 2.34. The topological polar surface area (TPSA) is 48.3 Å². The van der Waals surface area contributed by atoms with E-state index < -0.39 is 29.2 Å². The first-order valence-corrected chi connectivity index (χ1v) is 6.22. The summed E-state index contributed by atoms with van der Waals surface area (Å²) in [6, 6.07) is 8.76. The third kappa shape index (κ3) is 2.74. The van der Waals surface area contributed by atoms with Gasteiger partial charge in [-0.25, -0.2) is 4.79 Å². The molecule has 2 rings (SSSR count). The van der Waals surface area contributed by atoms with Crippen LogP contribution in [0, 0.1) is 0 Å². The number of benzene rings is 1. The van der Waals surface area contributed by atoms with Gasteiger partial charge in [-0.05, 0) is 6.07 Å². The van der Waals surface area contributed by atoms with E-state index in [4.69, 9.17) is 0 Å². The molecule has 0 fully saturated rings. The van der Waals surface area contributed by atoms with Crippen LogP contribution in [0.15, 0.2) is 36.4 Å². The van der Waals surface area contributed by atoms with Gasteiger partial charge in [0.15, 0.2) is 0 Å². The fourth-order valence-corrected chi connectivity index (χ4v) is 2.17. The standard InChI is InChI=1S/C15H12F3NO3/c1-19-11(12(20)9-6-4-3-5-7-9)8-10(14(21)22-2)13(19)15(16,17)18/h3-8H,1-2H3. The molecule has 22 heavy (non-hydrogen) atoms.